The Bertz CT molecular complexity index is 291. The van der Waals surface area contributed by atoms with Gasteiger partial charge in [0, 0.05) is 5.88 Å². The molecule has 1 amide bonds. The van der Waals surface area contributed by atoms with Crippen molar-refractivity contribution in [1.82, 2.24) is 5.32 Å². The van der Waals surface area contributed by atoms with Crippen molar-refractivity contribution in [3.63, 3.8) is 0 Å². The summed E-state index contributed by atoms with van der Waals surface area (Å²) in [6.07, 6.45) is -1.34. The van der Waals surface area contributed by atoms with Crippen LogP contribution in [0.1, 0.15) is 47.5 Å². The first-order valence-electron chi connectivity index (χ1n) is 6.55. The Morgan fingerprint density at radius 3 is 2.05 bits per heavy atom. The van der Waals surface area contributed by atoms with Crippen molar-refractivity contribution in [1.29, 1.82) is 0 Å². The summed E-state index contributed by atoms with van der Waals surface area (Å²) in [6.45, 7) is 8.83. The van der Waals surface area contributed by atoms with Crippen molar-refractivity contribution in [3.05, 3.63) is 0 Å². The number of amides is 1. The lowest BCUT2D eigenvalue weighted by molar-refractivity contribution is -0.148. The zero-order valence-electron chi connectivity index (χ0n) is 12.8. The van der Waals surface area contributed by atoms with Gasteiger partial charge in [0.1, 0.15) is 5.60 Å². The van der Waals surface area contributed by atoms with Gasteiger partial charge in [-0.05, 0) is 27.2 Å². The van der Waals surface area contributed by atoms with E-state index in [0.29, 0.717) is 12.8 Å². The van der Waals surface area contributed by atoms with Crippen LogP contribution in [0.5, 0.6) is 0 Å². The minimum absolute atomic E-state index is 0.368. The number of carbonyl (C=O) groups excluding carboxylic acids is 1. The first kappa shape index (κ1) is 21.3. The summed E-state index contributed by atoms with van der Waals surface area (Å²) in [5.74, 6) is -0.639. The van der Waals surface area contributed by atoms with Gasteiger partial charge in [-0.25, -0.2) is 9.59 Å². The van der Waals surface area contributed by atoms with Crippen LogP contribution in [-0.4, -0.2) is 45.9 Å². The molecule has 6 nitrogen and oxygen atoms in total. The van der Waals surface area contributed by atoms with Crippen LogP contribution < -0.4 is 5.32 Å². The Morgan fingerprint density at radius 1 is 1.30 bits per heavy atom. The van der Waals surface area contributed by atoms with Crippen molar-refractivity contribution >= 4 is 23.7 Å². The molecule has 0 rings (SSSR count). The van der Waals surface area contributed by atoms with Crippen molar-refractivity contribution in [2.24, 2.45) is 0 Å². The fourth-order valence-corrected chi connectivity index (χ4v) is 1.25. The van der Waals surface area contributed by atoms with Crippen LogP contribution in [0.15, 0.2) is 0 Å². The van der Waals surface area contributed by atoms with Crippen LogP contribution in [0.25, 0.3) is 0 Å². The molecule has 2 atom stereocenters. The molecule has 0 bridgehead atoms. The standard InChI is InChI=1S/C11H21NO5.C2H5Cl/c1-5-6-7(8(13)9(14)15)12-10(16)17-11(2,3)4;1-2-3/h7-8,13H,5-6H2,1-4H3,(H,12,16)(H,14,15);2H2,1H3. The van der Waals surface area contributed by atoms with Gasteiger partial charge in [0.25, 0.3) is 0 Å². The monoisotopic (exact) mass is 311 g/mol. The fraction of sp³-hybridized carbons (Fsp3) is 0.846. The minimum atomic E-state index is -1.62. The van der Waals surface area contributed by atoms with E-state index < -0.39 is 29.8 Å². The maximum absolute atomic E-state index is 11.4. The van der Waals surface area contributed by atoms with E-state index in [0.717, 1.165) is 5.88 Å². The van der Waals surface area contributed by atoms with Gasteiger partial charge in [-0.15, -0.1) is 11.6 Å². The third kappa shape index (κ3) is 12.0. The largest absolute Gasteiger partial charge is 0.479 e. The van der Waals surface area contributed by atoms with Gasteiger partial charge in [-0.2, -0.15) is 0 Å². The van der Waals surface area contributed by atoms with E-state index >= 15 is 0 Å². The van der Waals surface area contributed by atoms with E-state index in [4.69, 9.17) is 21.4 Å². The number of rotatable bonds is 5. The second kappa shape index (κ2) is 10.7. The van der Waals surface area contributed by atoms with Gasteiger partial charge in [-0.3, -0.25) is 0 Å². The third-order valence-electron chi connectivity index (χ3n) is 1.94. The molecule has 120 valence electrons. The molecule has 20 heavy (non-hydrogen) atoms. The Morgan fingerprint density at radius 2 is 1.75 bits per heavy atom. The summed E-state index contributed by atoms with van der Waals surface area (Å²) in [7, 11) is 0. The van der Waals surface area contributed by atoms with Crippen LogP contribution in [0, 0.1) is 0 Å². The number of aliphatic hydroxyl groups excluding tert-OH is 1. The highest BCUT2D eigenvalue weighted by Crippen LogP contribution is 2.09. The molecular formula is C13H26ClNO5. The van der Waals surface area contributed by atoms with Crippen LogP contribution in [0.4, 0.5) is 4.79 Å². The molecule has 0 aromatic carbocycles. The predicted molar refractivity (Wildman–Crippen MR) is 78.1 cm³/mol. The number of aliphatic hydroxyl groups is 1. The molecule has 0 aliphatic carbocycles. The smallest absolute Gasteiger partial charge is 0.407 e. The number of carboxylic acid groups (broad SMARTS) is 1. The number of hydrogen-bond acceptors (Lipinski definition) is 4. The van der Waals surface area contributed by atoms with E-state index in [-0.39, 0.29) is 0 Å². The lowest BCUT2D eigenvalue weighted by Crippen LogP contribution is -2.48. The molecule has 0 aromatic rings. The maximum Gasteiger partial charge on any atom is 0.407 e. The lowest BCUT2D eigenvalue weighted by atomic mass is 10.1. The van der Waals surface area contributed by atoms with Crippen molar-refractivity contribution in [2.45, 2.75) is 65.2 Å². The van der Waals surface area contributed by atoms with Crippen molar-refractivity contribution in [2.75, 3.05) is 5.88 Å². The molecule has 3 N–H and O–H groups in total. The average Bonchev–Trinajstić information content (AvgIpc) is 2.25. The highest BCUT2D eigenvalue weighted by molar-refractivity contribution is 6.17. The van der Waals surface area contributed by atoms with E-state index in [1.165, 1.54) is 0 Å². The second-order valence-corrected chi connectivity index (χ2v) is 5.63. The van der Waals surface area contributed by atoms with Crippen molar-refractivity contribution in [3.8, 4) is 0 Å². The number of carbonyl (C=O) groups is 2. The summed E-state index contributed by atoms with van der Waals surface area (Å²) in [5, 5.41) is 20.4. The molecule has 0 spiro atoms. The Labute approximate surface area is 125 Å². The Hall–Kier alpha value is -1.01. The number of aliphatic carboxylic acids is 1. The van der Waals surface area contributed by atoms with E-state index in [2.05, 4.69) is 5.32 Å². The van der Waals surface area contributed by atoms with Crippen LogP contribution in [-0.2, 0) is 9.53 Å². The number of nitrogens with one attached hydrogen (secondary N) is 1. The normalized spacial score (nSPS) is 13.6. The molecule has 0 radical (unpaired) electrons. The van der Waals surface area contributed by atoms with Crippen LogP contribution in [0.2, 0.25) is 0 Å². The van der Waals surface area contributed by atoms with Gasteiger partial charge in [0.15, 0.2) is 6.10 Å². The predicted octanol–water partition coefficient (Wildman–Crippen LogP) is 2.37. The zero-order valence-corrected chi connectivity index (χ0v) is 13.5. The maximum atomic E-state index is 11.4. The molecule has 0 saturated carbocycles. The molecule has 0 heterocycles. The number of carboxylic acids is 1. The summed E-state index contributed by atoms with van der Waals surface area (Å²) < 4.78 is 4.99. The molecular weight excluding hydrogens is 286 g/mol. The van der Waals surface area contributed by atoms with Gasteiger partial charge in [0.2, 0.25) is 0 Å². The van der Waals surface area contributed by atoms with Gasteiger partial charge < -0.3 is 20.3 Å². The number of hydrogen-bond donors (Lipinski definition) is 3. The van der Waals surface area contributed by atoms with Crippen LogP contribution in [0.3, 0.4) is 0 Å². The molecule has 0 aliphatic heterocycles. The Balaban J connectivity index is 0. The third-order valence-corrected chi connectivity index (χ3v) is 1.94. The first-order valence-corrected chi connectivity index (χ1v) is 7.08. The highest BCUT2D eigenvalue weighted by atomic mass is 35.5. The number of ether oxygens (including phenoxy) is 1. The fourth-order valence-electron chi connectivity index (χ4n) is 1.25. The second-order valence-electron chi connectivity index (χ2n) is 5.09. The molecule has 0 aliphatic rings. The van der Waals surface area contributed by atoms with Crippen molar-refractivity contribution < 1.29 is 24.5 Å². The number of alkyl halides is 1. The quantitative estimate of drug-likeness (QED) is 0.677. The van der Waals surface area contributed by atoms with Gasteiger partial charge in [-0.1, -0.05) is 20.3 Å². The lowest BCUT2D eigenvalue weighted by Gasteiger charge is -2.24. The van der Waals surface area contributed by atoms with Crippen LogP contribution >= 0.6 is 11.6 Å². The number of halogens is 1. The zero-order chi connectivity index (χ0) is 16.3. The molecule has 2 unspecified atom stereocenters. The molecule has 0 aromatic heterocycles. The molecule has 7 heteroatoms. The summed E-state index contributed by atoms with van der Waals surface area (Å²) >= 11 is 5.00. The Kier molecular flexibility index (Phi) is 11.4. The van der Waals surface area contributed by atoms with E-state index in [1.807, 2.05) is 13.8 Å². The minimum Gasteiger partial charge on any atom is -0.479 e. The summed E-state index contributed by atoms with van der Waals surface area (Å²) in [4.78, 5) is 22.1. The first-order chi connectivity index (χ1) is 9.08. The van der Waals surface area contributed by atoms with Gasteiger partial charge >= 0.3 is 12.1 Å². The summed E-state index contributed by atoms with van der Waals surface area (Å²) in [5.41, 5.74) is -0.658. The highest BCUT2D eigenvalue weighted by Gasteiger charge is 2.28. The molecule has 0 saturated heterocycles. The number of alkyl carbamates (subject to hydrolysis) is 1. The SMILES string of the molecule is CCCC(NC(=O)OC(C)(C)C)C(O)C(=O)O.CCCl. The van der Waals surface area contributed by atoms with E-state index in [1.54, 1.807) is 20.8 Å². The topological polar surface area (TPSA) is 95.9 Å². The summed E-state index contributed by atoms with van der Waals surface area (Å²) in [6, 6.07) is -0.840. The molecule has 0 fully saturated rings. The van der Waals surface area contributed by atoms with Gasteiger partial charge in [0.05, 0.1) is 6.04 Å². The average molecular weight is 312 g/mol. The van der Waals surface area contributed by atoms with E-state index in [9.17, 15) is 14.7 Å².